The van der Waals surface area contributed by atoms with Gasteiger partial charge in [-0.1, -0.05) is 6.07 Å². The molecule has 0 saturated carbocycles. The van der Waals surface area contributed by atoms with E-state index in [1.807, 2.05) is 36.7 Å². The van der Waals surface area contributed by atoms with E-state index in [1.54, 1.807) is 12.4 Å². The van der Waals surface area contributed by atoms with Crippen molar-refractivity contribution >= 4 is 5.95 Å². The van der Waals surface area contributed by atoms with Gasteiger partial charge in [0.2, 0.25) is 5.95 Å². The van der Waals surface area contributed by atoms with E-state index in [4.69, 9.17) is 4.74 Å². The zero-order valence-electron chi connectivity index (χ0n) is 15.0. The second-order valence-corrected chi connectivity index (χ2v) is 6.31. The number of anilines is 1. The molecule has 3 aromatic rings. The largest absolute Gasteiger partial charge is 0.379 e. The third-order valence-electron chi connectivity index (χ3n) is 4.61. The first kappa shape index (κ1) is 17.5. The van der Waals surface area contributed by atoms with Crippen molar-refractivity contribution in [2.24, 2.45) is 0 Å². The molecule has 4 heterocycles. The van der Waals surface area contributed by atoms with Crippen LogP contribution in [0.1, 0.15) is 11.6 Å². The highest BCUT2D eigenvalue weighted by molar-refractivity contribution is 5.54. The Morgan fingerprint density at radius 2 is 1.78 bits per heavy atom. The Morgan fingerprint density at radius 3 is 2.56 bits per heavy atom. The van der Waals surface area contributed by atoms with Crippen molar-refractivity contribution in [1.82, 2.24) is 24.8 Å². The lowest BCUT2D eigenvalue weighted by atomic mass is 10.1. The lowest BCUT2D eigenvalue weighted by Gasteiger charge is -2.34. The second-order valence-electron chi connectivity index (χ2n) is 6.31. The lowest BCUT2D eigenvalue weighted by Crippen LogP contribution is -2.41. The van der Waals surface area contributed by atoms with E-state index in [-0.39, 0.29) is 6.04 Å². The average Bonchev–Trinajstić information content (AvgIpc) is 2.76. The number of hydrogen-bond donors (Lipinski definition) is 1. The maximum Gasteiger partial charge on any atom is 0.223 e. The maximum absolute atomic E-state index is 5.51. The van der Waals surface area contributed by atoms with Crippen LogP contribution < -0.4 is 5.32 Å². The van der Waals surface area contributed by atoms with Crippen molar-refractivity contribution in [3.8, 4) is 11.4 Å². The van der Waals surface area contributed by atoms with Crippen LogP contribution in [0.4, 0.5) is 5.95 Å². The Kier molecular flexibility index (Phi) is 5.61. The molecular weight excluding hydrogens is 340 g/mol. The maximum atomic E-state index is 5.51. The van der Waals surface area contributed by atoms with Crippen molar-refractivity contribution < 1.29 is 4.74 Å². The first-order valence-electron chi connectivity index (χ1n) is 9.10. The summed E-state index contributed by atoms with van der Waals surface area (Å²) >= 11 is 0. The third kappa shape index (κ3) is 4.45. The van der Waals surface area contributed by atoms with Crippen molar-refractivity contribution in [3.63, 3.8) is 0 Å². The van der Waals surface area contributed by atoms with Gasteiger partial charge in [0, 0.05) is 44.4 Å². The Balaban J connectivity index is 1.51. The molecular formula is C20H22N6O. The minimum atomic E-state index is 0.207. The predicted octanol–water partition coefficient (Wildman–Crippen LogP) is 2.42. The summed E-state index contributed by atoms with van der Waals surface area (Å²) in [6, 6.07) is 12.0. The molecule has 7 heteroatoms. The summed E-state index contributed by atoms with van der Waals surface area (Å²) in [5, 5.41) is 3.40. The molecule has 1 saturated heterocycles. The van der Waals surface area contributed by atoms with Crippen molar-refractivity contribution in [2.45, 2.75) is 6.04 Å². The fourth-order valence-corrected chi connectivity index (χ4v) is 3.22. The van der Waals surface area contributed by atoms with Gasteiger partial charge in [-0.05, 0) is 35.9 Å². The van der Waals surface area contributed by atoms with Crippen LogP contribution in [-0.4, -0.2) is 57.7 Å². The molecule has 1 aliphatic heterocycles. The summed E-state index contributed by atoms with van der Waals surface area (Å²) < 4.78 is 5.51. The molecule has 27 heavy (non-hydrogen) atoms. The zero-order valence-corrected chi connectivity index (χ0v) is 15.0. The smallest absolute Gasteiger partial charge is 0.223 e. The van der Waals surface area contributed by atoms with Crippen LogP contribution >= 0.6 is 0 Å². The number of pyridine rings is 2. The molecule has 0 spiro atoms. The van der Waals surface area contributed by atoms with Crippen molar-refractivity contribution in [1.29, 1.82) is 0 Å². The highest BCUT2D eigenvalue weighted by Gasteiger charge is 2.22. The summed E-state index contributed by atoms with van der Waals surface area (Å²) in [7, 11) is 0. The topological polar surface area (TPSA) is 76.1 Å². The van der Waals surface area contributed by atoms with Gasteiger partial charge in [-0.3, -0.25) is 14.9 Å². The van der Waals surface area contributed by atoms with Gasteiger partial charge < -0.3 is 10.1 Å². The lowest BCUT2D eigenvalue weighted by molar-refractivity contribution is 0.0186. The van der Waals surface area contributed by atoms with Gasteiger partial charge in [0.15, 0.2) is 0 Å². The first-order valence-corrected chi connectivity index (χ1v) is 9.10. The Bertz CT molecular complexity index is 839. The van der Waals surface area contributed by atoms with Gasteiger partial charge >= 0.3 is 0 Å². The minimum Gasteiger partial charge on any atom is -0.379 e. The van der Waals surface area contributed by atoms with Gasteiger partial charge in [-0.25, -0.2) is 9.97 Å². The van der Waals surface area contributed by atoms with Crippen LogP contribution in [0, 0.1) is 0 Å². The van der Waals surface area contributed by atoms with Crippen molar-refractivity contribution in [2.75, 3.05) is 38.2 Å². The van der Waals surface area contributed by atoms with Crippen LogP contribution in [0.15, 0.2) is 61.2 Å². The molecule has 1 N–H and O–H groups in total. The third-order valence-corrected chi connectivity index (χ3v) is 4.61. The fourth-order valence-electron chi connectivity index (χ4n) is 3.22. The predicted molar refractivity (Wildman–Crippen MR) is 103 cm³/mol. The number of morpholine rings is 1. The van der Waals surface area contributed by atoms with E-state index < -0.39 is 0 Å². The molecule has 0 aliphatic carbocycles. The quantitative estimate of drug-likeness (QED) is 0.722. The average molecular weight is 362 g/mol. The highest BCUT2D eigenvalue weighted by Crippen LogP contribution is 2.22. The van der Waals surface area contributed by atoms with Gasteiger partial charge in [0.05, 0.1) is 30.6 Å². The molecule has 0 bridgehead atoms. The highest BCUT2D eigenvalue weighted by atomic mass is 16.5. The number of ether oxygens (including phenoxy) is 1. The Labute approximate surface area is 158 Å². The van der Waals surface area contributed by atoms with Crippen LogP contribution in [0.25, 0.3) is 11.4 Å². The van der Waals surface area contributed by atoms with E-state index in [2.05, 4.69) is 42.3 Å². The molecule has 7 nitrogen and oxygen atoms in total. The van der Waals surface area contributed by atoms with Gasteiger partial charge in [0.1, 0.15) is 0 Å². The fraction of sp³-hybridized carbons (Fsp3) is 0.300. The molecule has 3 aromatic heterocycles. The molecule has 1 atom stereocenters. The van der Waals surface area contributed by atoms with Gasteiger partial charge in [0.25, 0.3) is 0 Å². The van der Waals surface area contributed by atoms with E-state index >= 15 is 0 Å². The second kappa shape index (κ2) is 8.66. The molecule has 4 rings (SSSR count). The first-order chi connectivity index (χ1) is 13.4. The molecule has 138 valence electrons. The monoisotopic (exact) mass is 362 g/mol. The van der Waals surface area contributed by atoms with Crippen molar-refractivity contribution in [3.05, 3.63) is 66.7 Å². The Morgan fingerprint density at radius 1 is 0.926 bits per heavy atom. The summed E-state index contributed by atoms with van der Waals surface area (Å²) in [5.41, 5.74) is 2.86. The molecule has 0 radical (unpaired) electrons. The molecule has 1 aliphatic rings. The number of nitrogens with one attached hydrogen (secondary N) is 1. The summed E-state index contributed by atoms with van der Waals surface area (Å²) in [4.78, 5) is 19.9. The summed E-state index contributed by atoms with van der Waals surface area (Å²) in [6.07, 6.45) is 7.19. The number of hydrogen-bond acceptors (Lipinski definition) is 7. The molecule has 0 unspecified atom stereocenters. The van der Waals surface area contributed by atoms with Gasteiger partial charge in [-0.15, -0.1) is 0 Å². The van der Waals surface area contributed by atoms with Gasteiger partial charge in [-0.2, -0.15) is 0 Å². The van der Waals surface area contributed by atoms with Crippen LogP contribution in [0.5, 0.6) is 0 Å². The van der Waals surface area contributed by atoms with Crippen LogP contribution in [-0.2, 0) is 4.74 Å². The van der Waals surface area contributed by atoms with E-state index in [0.29, 0.717) is 12.5 Å². The SMILES string of the molecule is c1ccc(-c2ccnc(NC[C@@H](c3ccncc3)N3CCOCC3)n2)nc1. The number of aromatic nitrogens is 4. The summed E-state index contributed by atoms with van der Waals surface area (Å²) in [5.74, 6) is 0.602. The number of rotatable bonds is 6. The van der Waals surface area contributed by atoms with E-state index in [1.165, 1.54) is 5.56 Å². The number of nitrogens with zero attached hydrogens (tertiary/aromatic N) is 5. The zero-order chi connectivity index (χ0) is 18.3. The van der Waals surface area contributed by atoms with E-state index in [0.717, 1.165) is 37.7 Å². The molecule has 1 fully saturated rings. The normalized spacial score (nSPS) is 16.0. The summed E-state index contributed by atoms with van der Waals surface area (Å²) in [6.45, 7) is 4.03. The molecule has 0 aromatic carbocycles. The van der Waals surface area contributed by atoms with E-state index in [9.17, 15) is 0 Å². The minimum absolute atomic E-state index is 0.207. The van der Waals surface area contributed by atoms with Crippen LogP contribution in [0.3, 0.4) is 0 Å². The molecule has 0 amide bonds. The standard InChI is InChI=1S/C20H22N6O/c1-2-7-22-17(3-1)18-6-10-23-20(25-18)24-15-19(16-4-8-21-9-5-16)26-11-13-27-14-12-26/h1-10,19H,11-15H2,(H,23,24,25)/t19-/m0/s1. The Hall–Kier alpha value is -2.90. The van der Waals surface area contributed by atoms with Crippen LogP contribution in [0.2, 0.25) is 0 Å².